The Morgan fingerprint density at radius 2 is 2.18 bits per heavy atom. The van der Waals surface area contributed by atoms with Gasteiger partial charge in [0.1, 0.15) is 4.90 Å². The van der Waals surface area contributed by atoms with Crippen molar-refractivity contribution in [2.24, 2.45) is 0 Å². The summed E-state index contributed by atoms with van der Waals surface area (Å²) >= 11 is 5.87. The van der Waals surface area contributed by atoms with Crippen molar-refractivity contribution in [3.05, 3.63) is 29.3 Å². The van der Waals surface area contributed by atoms with Crippen molar-refractivity contribution in [3.63, 3.8) is 0 Å². The molecule has 17 heavy (non-hydrogen) atoms. The van der Waals surface area contributed by atoms with E-state index in [4.69, 9.17) is 11.6 Å². The predicted octanol–water partition coefficient (Wildman–Crippen LogP) is 1.37. The van der Waals surface area contributed by atoms with Crippen LogP contribution in [0.3, 0.4) is 0 Å². The van der Waals surface area contributed by atoms with Crippen LogP contribution in [0.4, 0.5) is 0 Å². The monoisotopic (exact) mass is 274 g/mol. The first-order valence-corrected chi connectivity index (χ1v) is 7.43. The lowest BCUT2D eigenvalue weighted by atomic mass is 10.2. The van der Waals surface area contributed by atoms with E-state index < -0.39 is 10.0 Å². The van der Waals surface area contributed by atoms with E-state index in [0.29, 0.717) is 6.54 Å². The molecular formula is C11H15ClN2O2S. The third-order valence-electron chi connectivity index (χ3n) is 2.81. The third kappa shape index (κ3) is 3.19. The van der Waals surface area contributed by atoms with Crippen LogP contribution in [0.25, 0.3) is 0 Å². The molecule has 4 nitrogen and oxygen atoms in total. The zero-order chi connectivity index (χ0) is 12.3. The minimum Gasteiger partial charge on any atom is -0.313 e. The van der Waals surface area contributed by atoms with Crippen molar-refractivity contribution < 1.29 is 8.42 Å². The van der Waals surface area contributed by atoms with Gasteiger partial charge in [0, 0.05) is 12.6 Å². The highest BCUT2D eigenvalue weighted by Crippen LogP contribution is 2.20. The van der Waals surface area contributed by atoms with Crippen molar-refractivity contribution in [2.75, 3.05) is 13.1 Å². The zero-order valence-corrected chi connectivity index (χ0v) is 10.9. The molecule has 1 atom stereocenters. The Bertz CT molecular complexity index is 484. The van der Waals surface area contributed by atoms with Crippen LogP contribution in [-0.2, 0) is 10.0 Å². The lowest BCUT2D eigenvalue weighted by Crippen LogP contribution is -2.37. The molecule has 0 radical (unpaired) electrons. The van der Waals surface area contributed by atoms with Crippen molar-refractivity contribution in [3.8, 4) is 0 Å². The summed E-state index contributed by atoms with van der Waals surface area (Å²) in [4.78, 5) is 0.139. The molecule has 0 amide bonds. The second-order valence-corrected chi connectivity index (χ2v) is 6.22. The Morgan fingerprint density at radius 1 is 1.41 bits per heavy atom. The van der Waals surface area contributed by atoms with Crippen LogP contribution in [0.1, 0.15) is 12.8 Å². The Hall–Kier alpha value is -0.620. The van der Waals surface area contributed by atoms with E-state index in [1.54, 1.807) is 18.2 Å². The Kier molecular flexibility index (Phi) is 4.04. The van der Waals surface area contributed by atoms with Crippen LogP contribution in [0.5, 0.6) is 0 Å². The molecule has 0 unspecified atom stereocenters. The molecule has 1 aromatic rings. The molecule has 2 N–H and O–H groups in total. The molecule has 0 aliphatic carbocycles. The van der Waals surface area contributed by atoms with Crippen molar-refractivity contribution in [2.45, 2.75) is 23.8 Å². The predicted molar refractivity (Wildman–Crippen MR) is 67.7 cm³/mol. The first kappa shape index (κ1) is 12.8. The maximum Gasteiger partial charge on any atom is 0.242 e. The lowest BCUT2D eigenvalue weighted by molar-refractivity contribution is 0.552. The summed E-state index contributed by atoms with van der Waals surface area (Å²) in [5, 5.41) is 3.48. The first-order valence-electron chi connectivity index (χ1n) is 5.57. The van der Waals surface area contributed by atoms with Crippen LogP contribution in [0.2, 0.25) is 5.02 Å². The van der Waals surface area contributed by atoms with E-state index in [2.05, 4.69) is 10.0 Å². The van der Waals surface area contributed by atoms with E-state index in [1.807, 2.05) is 0 Å². The van der Waals surface area contributed by atoms with Crippen molar-refractivity contribution in [1.82, 2.24) is 10.0 Å². The standard InChI is InChI=1S/C11H15ClN2O2S/c12-10-5-1-2-6-11(10)17(15,16)14-8-9-4-3-7-13-9/h1-2,5-6,9,13-14H,3-4,7-8H2/t9-/m1/s1. The van der Waals surface area contributed by atoms with Crippen LogP contribution in [0.15, 0.2) is 29.2 Å². The molecule has 0 saturated carbocycles. The third-order valence-corrected chi connectivity index (χ3v) is 4.73. The summed E-state index contributed by atoms with van der Waals surface area (Å²) < 4.78 is 26.6. The van der Waals surface area contributed by atoms with Crippen LogP contribution in [0, 0.1) is 0 Å². The highest BCUT2D eigenvalue weighted by molar-refractivity contribution is 7.89. The Balaban J connectivity index is 2.06. The summed E-state index contributed by atoms with van der Waals surface area (Å²) in [6.07, 6.45) is 2.10. The molecular weight excluding hydrogens is 260 g/mol. The minimum atomic E-state index is -3.50. The average molecular weight is 275 g/mol. The van der Waals surface area contributed by atoms with E-state index in [0.717, 1.165) is 19.4 Å². The van der Waals surface area contributed by atoms with Crippen LogP contribution >= 0.6 is 11.6 Å². The number of rotatable bonds is 4. The maximum absolute atomic E-state index is 12.0. The van der Waals surface area contributed by atoms with Crippen molar-refractivity contribution >= 4 is 21.6 Å². The fourth-order valence-corrected chi connectivity index (χ4v) is 3.48. The number of benzene rings is 1. The fourth-order valence-electron chi connectivity index (χ4n) is 1.88. The van der Waals surface area contributed by atoms with Gasteiger partial charge in [-0.3, -0.25) is 0 Å². The summed E-state index contributed by atoms with van der Waals surface area (Å²) in [6, 6.07) is 6.68. The number of hydrogen-bond acceptors (Lipinski definition) is 3. The molecule has 1 fully saturated rings. The molecule has 1 aliphatic heterocycles. The molecule has 6 heteroatoms. The van der Waals surface area contributed by atoms with Gasteiger partial charge in [0.2, 0.25) is 10.0 Å². The topological polar surface area (TPSA) is 58.2 Å². The lowest BCUT2D eigenvalue weighted by Gasteiger charge is -2.12. The van der Waals surface area contributed by atoms with Gasteiger partial charge in [-0.2, -0.15) is 0 Å². The van der Waals surface area contributed by atoms with Crippen LogP contribution in [-0.4, -0.2) is 27.5 Å². The smallest absolute Gasteiger partial charge is 0.242 e. The minimum absolute atomic E-state index is 0.139. The summed E-state index contributed by atoms with van der Waals surface area (Å²) in [7, 11) is -3.50. The Morgan fingerprint density at radius 3 is 2.82 bits per heavy atom. The summed E-state index contributed by atoms with van der Waals surface area (Å²) in [5.41, 5.74) is 0. The van der Waals surface area contributed by atoms with Crippen molar-refractivity contribution in [1.29, 1.82) is 0 Å². The molecule has 0 bridgehead atoms. The normalized spacial score (nSPS) is 20.6. The van der Waals surface area contributed by atoms with Gasteiger partial charge < -0.3 is 5.32 Å². The molecule has 0 spiro atoms. The fraction of sp³-hybridized carbons (Fsp3) is 0.455. The number of hydrogen-bond donors (Lipinski definition) is 2. The molecule has 0 aromatic heterocycles. The van der Waals surface area contributed by atoms with E-state index >= 15 is 0 Å². The largest absolute Gasteiger partial charge is 0.313 e. The molecule has 1 aliphatic rings. The van der Waals surface area contributed by atoms with Gasteiger partial charge in [-0.25, -0.2) is 13.1 Å². The zero-order valence-electron chi connectivity index (χ0n) is 9.32. The average Bonchev–Trinajstić information content (AvgIpc) is 2.80. The van der Waals surface area contributed by atoms with E-state index in [1.165, 1.54) is 6.07 Å². The van der Waals surface area contributed by atoms with Gasteiger partial charge >= 0.3 is 0 Å². The molecule has 1 saturated heterocycles. The second kappa shape index (κ2) is 5.35. The highest BCUT2D eigenvalue weighted by Gasteiger charge is 2.20. The number of nitrogens with one attached hydrogen (secondary N) is 2. The molecule has 94 valence electrons. The first-order chi connectivity index (χ1) is 8.09. The summed E-state index contributed by atoms with van der Waals surface area (Å²) in [5.74, 6) is 0. The van der Waals surface area contributed by atoms with Gasteiger partial charge in [-0.1, -0.05) is 23.7 Å². The maximum atomic E-state index is 12.0. The van der Waals surface area contributed by atoms with Crippen LogP contribution < -0.4 is 10.0 Å². The molecule has 2 rings (SSSR count). The second-order valence-electron chi connectivity index (χ2n) is 4.08. The SMILES string of the molecule is O=S(=O)(NC[C@H]1CCCN1)c1ccccc1Cl. The van der Waals surface area contributed by atoms with E-state index in [9.17, 15) is 8.42 Å². The van der Waals surface area contributed by atoms with Gasteiger partial charge in [0.25, 0.3) is 0 Å². The van der Waals surface area contributed by atoms with Gasteiger partial charge in [-0.05, 0) is 31.5 Å². The summed E-state index contributed by atoms with van der Waals surface area (Å²) in [6.45, 7) is 1.37. The van der Waals surface area contributed by atoms with E-state index in [-0.39, 0.29) is 16.0 Å². The highest BCUT2D eigenvalue weighted by atomic mass is 35.5. The van der Waals surface area contributed by atoms with Gasteiger partial charge in [0.05, 0.1) is 5.02 Å². The quantitative estimate of drug-likeness (QED) is 0.872. The Labute approximate surface area is 106 Å². The molecule has 1 aromatic carbocycles. The number of halogens is 1. The number of sulfonamides is 1. The molecule has 1 heterocycles. The van der Waals surface area contributed by atoms with Gasteiger partial charge in [-0.15, -0.1) is 0 Å². The van der Waals surface area contributed by atoms with Gasteiger partial charge in [0.15, 0.2) is 0 Å².